The van der Waals surface area contributed by atoms with E-state index in [2.05, 4.69) is 5.32 Å². The van der Waals surface area contributed by atoms with Crippen molar-refractivity contribution in [2.75, 3.05) is 12.8 Å². The lowest BCUT2D eigenvalue weighted by Crippen LogP contribution is -2.52. The van der Waals surface area contributed by atoms with Gasteiger partial charge in [-0.05, 0) is 25.3 Å². The third kappa shape index (κ3) is 5.27. The summed E-state index contributed by atoms with van der Waals surface area (Å²) in [4.78, 5) is 22.5. The average Bonchev–Trinajstić information content (AvgIpc) is 2.44. The molecule has 0 aliphatic rings. The van der Waals surface area contributed by atoms with E-state index in [4.69, 9.17) is 5.73 Å². The normalized spacial score (nSPS) is 14.2. The van der Waals surface area contributed by atoms with Gasteiger partial charge in [0.15, 0.2) is 9.84 Å². The average molecular weight is 357 g/mol. The number of carbonyl (C=O) groups is 1. The molecule has 0 heterocycles. The number of carbonyl (C=O) groups excluding carboxylic acids is 1. The molecule has 0 spiro atoms. The summed E-state index contributed by atoms with van der Waals surface area (Å²) in [6.45, 7) is 5.93. The second-order valence-corrected chi connectivity index (χ2v) is 8.58. The number of hydrogen-bond acceptors (Lipinski definition) is 6. The van der Waals surface area contributed by atoms with Crippen molar-refractivity contribution in [1.29, 1.82) is 0 Å². The maximum atomic E-state index is 12.5. The summed E-state index contributed by atoms with van der Waals surface area (Å²) in [6.07, 6.45) is 1.54. The van der Waals surface area contributed by atoms with Crippen LogP contribution in [0.4, 0.5) is 5.69 Å². The number of sulfone groups is 1. The smallest absolute Gasteiger partial charge is 0.271 e. The highest BCUT2D eigenvalue weighted by Gasteiger charge is 2.27. The zero-order valence-corrected chi connectivity index (χ0v) is 15.0. The van der Waals surface area contributed by atoms with Gasteiger partial charge in [-0.1, -0.05) is 13.8 Å². The van der Waals surface area contributed by atoms with E-state index < -0.39 is 31.9 Å². The first-order chi connectivity index (χ1) is 10.9. The maximum Gasteiger partial charge on any atom is 0.271 e. The fourth-order valence-corrected chi connectivity index (χ4v) is 3.14. The summed E-state index contributed by atoms with van der Waals surface area (Å²) in [5.74, 6) is -0.326. The van der Waals surface area contributed by atoms with Crippen molar-refractivity contribution in [2.24, 2.45) is 11.7 Å². The molecular formula is C15H23N3O5S. The van der Waals surface area contributed by atoms with Crippen LogP contribution in [0.5, 0.6) is 0 Å². The molecule has 0 aliphatic heterocycles. The zero-order chi connectivity index (χ0) is 18.7. The molecule has 0 aliphatic carbocycles. The fraction of sp³-hybridized carbons (Fsp3) is 0.533. The number of non-ortho nitro benzene ring substituents is 1. The van der Waals surface area contributed by atoms with Crippen LogP contribution in [0.2, 0.25) is 0 Å². The van der Waals surface area contributed by atoms with E-state index in [0.29, 0.717) is 6.42 Å². The third-order valence-electron chi connectivity index (χ3n) is 3.52. The van der Waals surface area contributed by atoms with Gasteiger partial charge < -0.3 is 11.1 Å². The van der Waals surface area contributed by atoms with Gasteiger partial charge >= 0.3 is 0 Å². The lowest BCUT2D eigenvalue weighted by Gasteiger charge is -2.31. The molecule has 0 fully saturated rings. The molecule has 0 radical (unpaired) electrons. The topological polar surface area (TPSA) is 132 Å². The minimum atomic E-state index is -3.69. The van der Waals surface area contributed by atoms with E-state index in [9.17, 15) is 23.3 Å². The molecule has 0 bridgehead atoms. The highest BCUT2D eigenvalue weighted by atomic mass is 32.2. The summed E-state index contributed by atoms with van der Waals surface area (Å²) in [7, 11) is -3.69. The van der Waals surface area contributed by atoms with Crippen molar-refractivity contribution in [3.05, 3.63) is 33.9 Å². The number of amides is 1. The van der Waals surface area contributed by atoms with E-state index in [1.807, 2.05) is 13.8 Å². The summed E-state index contributed by atoms with van der Waals surface area (Å²) >= 11 is 0. The molecule has 0 saturated carbocycles. The number of nitro benzene ring substituents is 1. The Kier molecular flexibility index (Phi) is 6.07. The van der Waals surface area contributed by atoms with Crippen LogP contribution in [0, 0.1) is 16.0 Å². The van der Waals surface area contributed by atoms with Crippen molar-refractivity contribution >= 4 is 21.4 Å². The molecular weight excluding hydrogens is 334 g/mol. The van der Waals surface area contributed by atoms with Gasteiger partial charge in [-0.15, -0.1) is 0 Å². The molecule has 0 saturated heterocycles. The highest BCUT2D eigenvalue weighted by molar-refractivity contribution is 7.90. The van der Waals surface area contributed by atoms with Crippen molar-refractivity contribution in [1.82, 2.24) is 5.32 Å². The minimum Gasteiger partial charge on any atom is -0.346 e. The SMILES string of the molecule is CC(C)CC(C)(CN)NC(=O)c1cc([N+](=O)[O-])cc(S(C)(=O)=O)c1. The monoisotopic (exact) mass is 357 g/mol. The number of benzene rings is 1. The van der Waals surface area contributed by atoms with Crippen LogP contribution in [-0.4, -0.2) is 37.6 Å². The first-order valence-electron chi connectivity index (χ1n) is 7.40. The van der Waals surface area contributed by atoms with Crippen LogP contribution in [0.25, 0.3) is 0 Å². The highest BCUT2D eigenvalue weighted by Crippen LogP contribution is 2.22. The van der Waals surface area contributed by atoms with Crippen LogP contribution in [0.1, 0.15) is 37.6 Å². The van der Waals surface area contributed by atoms with Crippen LogP contribution in [-0.2, 0) is 9.84 Å². The van der Waals surface area contributed by atoms with Crippen molar-refractivity contribution in [2.45, 2.75) is 37.6 Å². The molecule has 1 aromatic rings. The summed E-state index contributed by atoms with van der Waals surface area (Å²) in [5, 5.41) is 13.8. The van der Waals surface area contributed by atoms with Crippen LogP contribution < -0.4 is 11.1 Å². The number of nitrogens with zero attached hydrogens (tertiary/aromatic N) is 1. The predicted molar refractivity (Wildman–Crippen MR) is 90.6 cm³/mol. The standard InChI is InChI=1S/C15H23N3O5S/c1-10(2)8-15(3,9-16)17-14(19)11-5-12(18(20)21)7-13(6-11)24(4,22)23/h5-7,10H,8-9,16H2,1-4H3,(H,17,19). The van der Waals surface area contributed by atoms with Gasteiger partial charge in [0, 0.05) is 36.0 Å². The van der Waals surface area contributed by atoms with E-state index in [0.717, 1.165) is 24.5 Å². The fourth-order valence-electron chi connectivity index (χ4n) is 2.47. The van der Waals surface area contributed by atoms with Crippen molar-refractivity contribution in [3.8, 4) is 0 Å². The van der Waals surface area contributed by atoms with E-state index in [1.54, 1.807) is 6.92 Å². The van der Waals surface area contributed by atoms with E-state index in [1.165, 1.54) is 0 Å². The first-order valence-corrected chi connectivity index (χ1v) is 9.29. The quantitative estimate of drug-likeness (QED) is 0.561. The number of rotatable bonds is 7. The number of nitro groups is 1. The number of hydrogen-bond donors (Lipinski definition) is 2. The predicted octanol–water partition coefficient (Wildman–Crippen LogP) is 1.49. The Morgan fingerprint density at radius 2 is 1.96 bits per heavy atom. The first kappa shape index (κ1) is 20.0. The molecule has 1 unspecified atom stereocenters. The Balaban J connectivity index is 3.27. The van der Waals surface area contributed by atoms with Gasteiger partial charge in [-0.25, -0.2) is 8.42 Å². The summed E-state index contributed by atoms with van der Waals surface area (Å²) in [6, 6.07) is 3.11. The lowest BCUT2D eigenvalue weighted by atomic mass is 9.90. The Hall–Kier alpha value is -2.00. The molecule has 3 N–H and O–H groups in total. The van der Waals surface area contributed by atoms with E-state index in [-0.39, 0.29) is 22.9 Å². The molecule has 9 heteroatoms. The summed E-state index contributed by atoms with van der Waals surface area (Å²) < 4.78 is 23.4. The summed E-state index contributed by atoms with van der Waals surface area (Å²) in [5.41, 5.74) is 4.50. The van der Waals surface area contributed by atoms with Gasteiger partial charge in [-0.3, -0.25) is 14.9 Å². The molecule has 1 atom stereocenters. The zero-order valence-electron chi connectivity index (χ0n) is 14.2. The molecule has 134 valence electrons. The van der Waals surface area contributed by atoms with Gasteiger partial charge in [0.1, 0.15) is 0 Å². The second-order valence-electron chi connectivity index (χ2n) is 6.56. The largest absolute Gasteiger partial charge is 0.346 e. The van der Waals surface area contributed by atoms with Gasteiger partial charge in [-0.2, -0.15) is 0 Å². The molecule has 1 aromatic carbocycles. The van der Waals surface area contributed by atoms with Crippen molar-refractivity contribution in [3.63, 3.8) is 0 Å². The Morgan fingerprint density at radius 1 is 1.38 bits per heavy atom. The maximum absolute atomic E-state index is 12.5. The van der Waals surface area contributed by atoms with Crippen LogP contribution in [0.15, 0.2) is 23.1 Å². The Morgan fingerprint density at radius 3 is 2.38 bits per heavy atom. The van der Waals surface area contributed by atoms with Crippen LogP contribution >= 0.6 is 0 Å². The van der Waals surface area contributed by atoms with Crippen molar-refractivity contribution < 1.29 is 18.1 Å². The van der Waals surface area contributed by atoms with Gasteiger partial charge in [0.2, 0.25) is 0 Å². The van der Waals surface area contributed by atoms with Gasteiger partial charge in [0.25, 0.3) is 11.6 Å². The molecule has 0 aromatic heterocycles. The Bertz CT molecular complexity index is 745. The lowest BCUT2D eigenvalue weighted by molar-refractivity contribution is -0.385. The van der Waals surface area contributed by atoms with E-state index >= 15 is 0 Å². The molecule has 8 nitrogen and oxygen atoms in total. The second kappa shape index (κ2) is 7.27. The Labute approximate surface area is 141 Å². The van der Waals surface area contributed by atoms with Crippen LogP contribution in [0.3, 0.4) is 0 Å². The molecule has 24 heavy (non-hydrogen) atoms. The van der Waals surface area contributed by atoms with Gasteiger partial charge in [0.05, 0.1) is 9.82 Å². The minimum absolute atomic E-state index is 0.0898. The third-order valence-corrected chi connectivity index (χ3v) is 4.61. The number of nitrogens with one attached hydrogen (secondary N) is 1. The number of nitrogens with two attached hydrogens (primary N) is 1. The molecule has 1 rings (SSSR count). The molecule has 1 amide bonds.